The molecule has 0 fully saturated rings. The summed E-state index contributed by atoms with van der Waals surface area (Å²) < 4.78 is 99.1. The summed E-state index contributed by atoms with van der Waals surface area (Å²) in [7, 11) is 0. The standard InChI is InChI=1S/C33H27F7/c1-2-3-4-5-6-7-27(34)32(39)21-10-8-20(9-11-21)22-12-14-25(28(35)16-22)23-13-15-26(29(36)17-23)24-18-30(37)33(40)31(38)19-24/h8-19H,2-7H2,1H3. The average molecular weight is 557 g/mol. The SMILES string of the molecule is CCCCCCCC(F)=C(F)c1ccc(-c2ccc(-c3ccc(-c4cc(F)c(F)c(F)c4)c(F)c3)c(F)c2)cc1. The predicted molar refractivity (Wildman–Crippen MR) is 145 cm³/mol. The molecule has 0 aliphatic carbocycles. The summed E-state index contributed by atoms with van der Waals surface area (Å²) in [5.41, 5.74) is 1.04. The van der Waals surface area contributed by atoms with Gasteiger partial charge < -0.3 is 0 Å². The Morgan fingerprint density at radius 1 is 0.525 bits per heavy atom. The molecule has 0 N–H and O–H groups in total. The quantitative estimate of drug-likeness (QED) is 0.104. The molecule has 0 heterocycles. The van der Waals surface area contributed by atoms with Gasteiger partial charge in [-0.25, -0.2) is 30.7 Å². The van der Waals surface area contributed by atoms with E-state index >= 15 is 4.39 Å². The summed E-state index contributed by atoms with van der Waals surface area (Å²) in [5.74, 6) is -7.77. The minimum atomic E-state index is -1.65. The third-order valence-electron chi connectivity index (χ3n) is 6.75. The molecule has 0 atom stereocenters. The van der Waals surface area contributed by atoms with Gasteiger partial charge in [-0.15, -0.1) is 0 Å². The highest BCUT2D eigenvalue weighted by Gasteiger charge is 2.16. The molecular formula is C33H27F7. The minimum absolute atomic E-state index is 0.0449. The fraction of sp³-hybridized carbons (Fsp3) is 0.212. The monoisotopic (exact) mass is 556 g/mol. The van der Waals surface area contributed by atoms with Gasteiger partial charge in [0.05, 0.1) is 0 Å². The normalized spacial score (nSPS) is 12.0. The van der Waals surface area contributed by atoms with Crippen molar-refractivity contribution in [2.75, 3.05) is 0 Å². The molecule has 0 aliphatic rings. The van der Waals surface area contributed by atoms with E-state index in [1.165, 1.54) is 36.4 Å². The predicted octanol–water partition coefficient (Wildman–Crippen LogP) is 11.4. The van der Waals surface area contributed by atoms with Crippen LogP contribution >= 0.6 is 0 Å². The molecule has 7 heteroatoms. The van der Waals surface area contributed by atoms with E-state index in [0.717, 1.165) is 31.7 Å². The maximum absolute atomic E-state index is 15.1. The van der Waals surface area contributed by atoms with Gasteiger partial charge in [-0.05, 0) is 52.9 Å². The molecule has 0 radical (unpaired) electrons. The molecular weight excluding hydrogens is 529 g/mol. The average Bonchev–Trinajstić information content (AvgIpc) is 2.95. The lowest BCUT2D eigenvalue weighted by molar-refractivity contribution is 0.447. The van der Waals surface area contributed by atoms with E-state index in [0.29, 0.717) is 29.7 Å². The number of allylic oxidation sites excluding steroid dienone is 1. The van der Waals surface area contributed by atoms with Crippen LogP contribution in [0.3, 0.4) is 0 Å². The topological polar surface area (TPSA) is 0 Å². The highest BCUT2D eigenvalue weighted by atomic mass is 19.2. The van der Waals surface area contributed by atoms with Crippen LogP contribution in [-0.2, 0) is 0 Å². The van der Waals surface area contributed by atoms with Crippen LogP contribution < -0.4 is 0 Å². The van der Waals surface area contributed by atoms with Crippen LogP contribution in [0.5, 0.6) is 0 Å². The van der Waals surface area contributed by atoms with E-state index in [9.17, 15) is 26.3 Å². The molecule has 0 saturated heterocycles. The minimum Gasteiger partial charge on any atom is -0.209 e. The van der Waals surface area contributed by atoms with Gasteiger partial charge in [0.1, 0.15) is 17.5 Å². The van der Waals surface area contributed by atoms with Crippen molar-refractivity contribution >= 4 is 5.83 Å². The van der Waals surface area contributed by atoms with Crippen molar-refractivity contribution in [2.45, 2.75) is 45.4 Å². The van der Waals surface area contributed by atoms with E-state index in [1.807, 2.05) is 0 Å². The molecule has 208 valence electrons. The van der Waals surface area contributed by atoms with Gasteiger partial charge >= 0.3 is 0 Å². The van der Waals surface area contributed by atoms with E-state index in [-0.39, 0.29) is 34.2 Å². The summed E-state index contributed by atoms with van der Waals surface area (Å²) >= 11 is 0. The van der Waals surface area contributed by atoms with E-state index in [2.05, 4.69) is 6.92 Å². The fourth-order valence-corrected chi connectivity index (χ4v) is 4.52. The smallest absolute Gasteiger partial charge is 0.194 e. The summed E-state index contributed by atoms with van der Waals surface area (Å²) in [6, 6.07) is 15.3. The first-order valence-corrected chi connectivity index (χ1v) is 13.1. The Morgan fingerprint density at radius 2 is 1.02 bits per heavy atom. The zero-order valence-electron chi connectivity index (χ0n) is 21.8. The zero-order valence-corrected chi connectivity index (χ0v) is 21.8. The van der Waals surface area contributed by atoms with Crippen molar-refractivity contribution in [1.29, 1.82) is 0 Å². The van der Waals surface area contributed by atoms with Gasteiger partial charge in [-0.2, -0.15) is 0 Å². The molecule has 0 aliphatic heterocycles. The Morgan fingerprint density at radius 3 is 1.62 bits per heavy atom. The van der Waals surface area contributed by atoms with Crippen LogP contribution in [0.4, 0.5) is 30.7 Å². The summed E-state index contributed by atoms with van der Waals surface area (Å²) in [6.07, 6.45) is 4.61. The largest absolute Gasteiger partial charge is 0.209 e. The van der Waals surface area contributed by atoms with Crippen LogP contribution in [0.25, 0.3) is 39.2 Å². The third kappa shape index (κ3) is 6.64. The van der Waals surface area contributed by atoms with Gasteiger partial charge in [-0.1, -0.05) is 81.1 Å². The number of benzene rings is 4. The molecule has 0 amide bonds. The second kappa shape index (κ2) is 13.0. The Labute approximate surface area is 228 Å². The fourth-order valence-electron chi connectivity index (χ4n) is 4.52. The Kier molecular flexibility index (Phi) is 9.46. The van der Waals surface area contributed by atoms with Gasteiger partial charge in [0, 0.05) is 23.1 Å². The second-order valence-electron chi connectivity index (χ2n) is 9.60. The number of rotatable bonds is 10. The van der Waals surface area contributed by atoms with Crippen LogP contribution in [0.1, 0.15) is 51.0 Å². The van der Waals surface area contributed by atoms with Crippen molar-refractivity contribution in [3.05, 3.63) is 113 Å². The zero-order chi connectivity index (χ0) is 28.8. The van der Waals surface area contributed by atoms with E-state index in [4.69, 9.17) is 0 Å². The molecule has 40 heavy (non-hydrogen) atoms. The van der Waals surface area contributed by atoms with Crippen molar-refractivity contribution < 1.29 is 30.7 Å². The lowest BCUT2D eigenvalue weighted by Gasteiger charge is -2.10. The van der Waals surface area contributed by atoms with Crippen molar-refractivity contribution in [2.24, 2.45) is 0 Å². The maximum atomic E-state index is 15.1. The van der Waals surface area contributed by atoms with Gasteiger partial charge in [0.2, 0.25) is 0 Å². The highest BCUT2D eigenvalue weighted by molar-refractivity contribution is 5.75. The van der Waals surface area contributed by atoms with Gasteiger partial charge in [0.25, 0.3) is 0 Å². The summed E-state index contributed by atoms with van der Waals surface area (Å²) in [6.45, 7) is 2.08. The highest BCUT2D eigenvalue weighted by Crippen LogP contribution is 2.33. The van der Waals surface area contributed by atoms with Crippen LogP contribution in [0, 0.1) is 29.1 Å². The molecule has 0 aromatic heterocycles. The lowest BCUT2D eigenvalue weighted by atomic mass is 9.96. The van der Waals surface area contributed by atoms with Gasteiger partial charge in [-0.3, -0.25) is 0 Å². The molecule has 0 nitrogen and oxygen atoms in total. The van der Waals surface area contributed by atoms with Crippen LogP contribution in [-0.4, -0.2) is 0 Å². The number of unbranched alkanes of at least 4 members (excludes halogenated alkanes) is 4. The molecule has 0 spiro atoms. The summed E-state index contributed by atoms with van der Waals surface area (Å²) in [4.78, 5) is 0. The first-order chi connectivity index (χ1) is 19.2. The molecule has 0 unspecified atom stereocenters. The number of hydrogen-bond acceptors (Lipinski definition) is 0. The van der Waals surface area contributed by atoms with Gasteiger partial charge in [0.15, 0.2) is 23.3 Å². The molecule has 4 rings (SSSR count). The van der Waals surface area contributed by atoms with Crippen LogP contribution in [0.2, 0.25) is 0 Å². The molecule has 0 saturated carbocycles. The maximum Gasteiger partial charge on any atom is 0.194 e. The van der Waals surface area contributed by atoms with Crippen LogP contribution in [0.15, 0.2) is 78.6 Å². The third-order valence-corrected chi connectivity index (χ3v) is 6.75. The first kappa shape index (κ1) is 29.1. The van der Waals surface area contributed by atoms with E-state index < -0.39 is 40.7 Å². The molecule has 0 bridgehead atoms. The second-order valence-corrected chi connectivity index (χ2v) is 9.60. The van der Waals surface area contributed by atoms with Crippen molar-refractivity contribution in [1.82, 2.24) is 0 Å². The summed E-state index contributed by atoms with van der Waals surface area (Å²) in [5, 5.41) is 0. The number of hydrogen-bond donors (Lipinski definition) is 0. The Balaban J connectivity index is 1.51. The molecule has 4 aromatic rings. The van der Waals surface area contributed by atoms with Crippen molar-refractivity contribution in [3.63, 3.8) is 0 Å². The lowest BCUT2D eigenvalue weighted by Crippen LogP contribution is -1.94. The number of halogens is 7. The first-order valence-electron chi connectivity index (χ1n) is 13.1. The molecule has 4 aromatic carbocycles. The Bertz CT molecular complexity index is 1500. The Hall–Kier alpha value is -3.87. The van der Waals surface area contributed by atoms with E-state index in [1.54, 1.807) is 18.2 Å². The van der Waals surface area contributed by atoms with Crippen molar-refractivity contribution in [3.8, 4) is 33.4 Å².